The van der Waals surface area contributed by atoms with Crippen LogP contribution in [-0.4, -0.2) is 36.4 Å². The predicted octanol–water partition coefficient (Wildman–Crippen LogP) is 4.20. The minimum absolute atomic E-state index is 0.0684. The Bertz CT molecular complexity index is 1110. The van der Waals surface area contributed by atoms with Crippen LogP contribution >= 0.6 is 11.6 Å². The van der Waals surface area contributed by atoms with Crippen molar-refractivity contribution in [3.05, 3.63) is 40.3 Å². The summed E-state index contributed by atoms with van der Waals surface area (Å²) in [5.41, 5.74) is 6.46. The number of nitrogens with two attached hydrogens (primary N) is 1. The number of aromatic nitrogens is 1. The molecule has 156 valence electrons. The van der Waals surface area contributed by atoms with E-state index in [4.69, 9.17) is 17.3 Å². The van der Waals surface area contributed by atoms with E-state index in [1.165, 1.54) is 23.2 Å². The fourth-order valence-electron chi connectivity index (χ4n) is 4.77. The normalized spacial score (nSPS) is 24.4. The topological polar surface area (TPSA) is 95.0 Å². The van der Waals surface area contributed by atoms with Gasteiger partial charge in [-0.15, -0.1) is 0 Å². The number of nitrogens with one attached hydrogen (secondary N) is 1. The maximum Gasteiger partial charge on any atom is 0.258 e. The second kappa shape index (κ2) is 6.85. The van der Waals surface area contributed by atoms with Gasteiger partial charge in [0.15, 0.2) is 0 Å². The van der Waals surface area contributed by atoms with Crippen LogP contribution in [-0.2, 0) is 5.41 Å². The number of benzene rings is 1. The van der Waals surface area contributed by atoms with Crippen LogP contribution in [0.25, 0.3) is 11.1 Å². The van der Waals surface area contributed by atoms with Gasteiger partial charge in [-0.25, -0.2) is 9.37 Å². The van der Waals surface area contributed by atoms with E-state index in [1.54, 1.807) is 14.1 Å². The number of amides is 1. The number of nitrogen functional groups attached to an aromatic ring is 1. The van der Waals surface area contributed by atoms with Gasteiger partial charge in [0.25, 0.3) is 5.91 Å². The molecule has 1 fully saturated rings. The van der Waals surface area contributed by atoms with Crippen LogP contribution in [0.4, 0.5) is 15.9 Å². The number of halogens is 2. The fraction of sp³-hybridized carbons (Fsp3) is 0.409. The average molecular weight is 428 g/mol. The molecule has 2 aliphatic rings. The zero-order chi connectivity index (χ0) is 21.8. The first kappa shape index (κ1) is 20.4. The van der Waals surface area contributed by atoms with Crippen LogP contribution < -0.4 is 11.1 Å². The number of carbonyl (C=O) groups excluding carboxylic acids is 1. The third-order valence-corrected chi connectivity index (χ3v) is 6.77. The number of rotatable bonds is 2. The number of nitrogens with zero attached hydrogens (tertiary/aromatic N) is 3. The summed E-state index contributed by atoms with van der Waals surface area (Å²) in [4.78, 5) is 18.2. The molecule has 1 amide bonds. The van der Waals surface area contributed by atoms with E-state index in [1.807, 2.05) is 6.92 Å². The van der Waals surface area contributed by atoms with Gasteiger partial charge in [0, 0.05) is 54.6 Å². The molecule has 4 rings (SSSR count). The monoisotopic (exact) mass is 427 g/mol. The summed E-state index contributed by atoms with van der Waals surface area (Å²) >= 11 is 6.84. The van der Waals surface area contributed by atoms with E-state index in [2.05, 4.69) is 16.4 Å². The number of fused-ring (bicyclic) bond motifs is 2. The van der Waals surface area contributed by atoms with Crippen LogP contribution in [0.3, 0.4) is 0 Å². The fourth-order valence-corrected chi connectivity index (χ4v) is 5.22. The van der Waals surface area contributed by atoms with Gasteiger partial charge in [0.2, 0.25) is 0 Å². The first-order chi connectivity index (χ1) is 14.1. The van der Waals surface area contributed by atoms with Crippen molar-refractivity contribution in [2.45, 2.75) is 31.6 Å². The minimum atomic E-state index is -0.717. The van der Waals surface area contributed by atoms with Crippen molar-refractivity contribution in [1.29, 1.82) is 5.26 Å². The Labute approximate surface area is 179 Å². The lowest BCUT2D eigenvalue weighted by Gasteiger charge is -2.26. The van der Waals surface area contributed by atoms with Crippen molar-refractivity contribution in [3.63, 3.8) is 0 Å². The molecule has 0 bridgehead atoms. The molecule has 3 N–H and O–H groups in total. The lowest BCUT2D eigenvalue weighted by Crippen LogP contribution is -2.27. The first-order valence-corrected chi connectivity index (χ1v) is 10.1. The van der Waals surface area contributed by atoms with E-state index in [-0.39, 0.29) is 22.2 Å². The Balaban J connectivity index is 1.87. The van der Waals surface area contributed by atoms with Crippen LogP contribution in [0.5, 0.6) is 0 Å². The summed E-state index contributed by atoms with van der Waals surface area (Å²) in [6.45, 7) is 2.61. The van der Waals surface area contributed by atoms with Gasteiger partial charge >= 0.3 is 0 Å². The molecular formula is C22H23ClFN5O. The van der Waals surface area contributed by atoms with Crippen molar-refractivity contribution >= 4 is 29.0 Å². The number of pyridine rings is 1. The third kappa shape index (κ3) is 2.90. The molecule has 1 aromatic heterocycles. The van der Waals surface area contributed by atoms with Crippen molar-refractivity contribution in [2.24, 2.45) is 5.41 Å². The number of hydrogen-bond donors (Lipinski definition) is 2. The molecule has 1 spiro atoms. The summed E-state index contributed by atoms with van der Waals surface area (Å²) < 4.78 is 15.4. The summed E-state index contributed by atoms with van der Waals surface area (Å²) in [5, 5.41) is 13.3. The number of nitriles is 1. The second-order valence-corrected chi connectivity index (χ2v) is 9.16. The molecule has 0 unspecified atom stereocenters. The van der Waals surface area contributed by atoms with Gasteiger partial charge in [0.1, 0.15) is 11.6 Å². The van der Waals surface area contributed by atoms with Crippen molar-refractivity contribution < 1.29 is 9.18 Å². The van der Waals surface area contributed by atoms with Crippen LogP contribution in [0, 0.1) is 22.6 Å². The Morgan fingerprint density at radius 3 is 2.73 bits per heavy atom. The van der Waals surface area contributed by atoms with Gasteiger partial charge in [-0.1, -0.05) is 11.6 Å². The van der Waals surface area contributed by atoms with Gasteiger partial charge in [-0.05, 0) is 38.3 Å². The van der Waals surface area contributed by atoms with E-state index in [0.29, 0.717) is 29.4 Å². The molecule has 8 heteroatoms. The Morgan fingerprint density at radius 1 is 1.37 bits per heavy atom. The zero-order valence-electron chi connectivity index (χ0n) is 17.1. The molecule has 1 aromatic carbocycles. The van der Waals surface area contributed by atoms with E-state index >= 15 is 4.39 Å². The van der Waals surface area contributed by atoms with Crippen molar-refractivity contribution in [3.8, 4) is 17.2 Å². The minimum Gasteiger partial charge on any atom is -0.398 e. The largest absolute Gasteiger partial charge is 0.398 e. The quantitative estimate of drug-likeness (QED) is 0.700. The van der Waals surface area contributed by atoms with Crippen molar-refractivity contribution in [2.75, 3.05) is 31.7 Å². The lowest BCUT2D eigenvalue weighted by atomic mass is 9.77. The Kier molecular flexibility index (Phi) is 4.66. The highest BCUT2D eigenvalue weighted by Gasteiger charge is 2.52. The van der Waals surface area contributed by atoms with Gasteiger partial charge in [-0.2, -0.15) is 5.26 Å². The second-order valence-electron chi connectivity index (χ2n) is 8.78. The maximum atomic E-state index is 15.4. The lowest BCUT2D eigenvalue weighted by molar-refractivity contribution is 0.0824. The standard InChI is InChI=1S/C22H23ClFN5O/c1-21(10-25)6-7-22(9-21)11-28-19-16(22)17(23)13(8-27-19)12-4-5-14(26)15(18(12)24)20(30)29(2)3/h4-5,8H,6-7,9,11,26H2,1-3H3,(H,27,28)/t21-,22+/m0/s1. The molecule has 1 saturated carbocycles. The van der Waals surface area contributed by atoms with Crippen LogP contribution in [0.2, 0.25) is 5.02 Å². The summed E-state index contributed by atoms with van der Waals surface area (Å²) in [6, 6.07) is 5.46. The molecule has 0 radical (unpaired) electrons. The number of anilines is 2. The van der Waals surface area contributed by atoms with E-state index in [9.17, 15) is 10.1 Å². The van der Waals surface area contributed by atoms with Crippen LogP contribution in [0.15, 0.2) is 18.3 Å². The van der Waals surface area contributed by atoms with Gasteiger partial charge in [-0.3, -0.25) is 4.79 Å². The summed E-state index contributed by atoms with van der Waals surface area (Å²) in [7, 11) is 3.08. The highest BCUT2D eigenvalue weighted by molar-refractivity contribution is 6.34. The zero-order valence-corrected chi connectivity index (χ0v) is 17.9. The maximum absolute atomic E-state index is 15.4. The van der Waals surface area contributed by atoms with Crippen LogP contribution in [0.1, 0.15) is 42.1 Å². The average Bonchev–Trinajstić information content (AvgIpc) is 3.24. The summed E-state index contributed by atoms with van der Waals surface area (Å²) in [5.74, 6) is -0.562. The molecule has 6 nitrogen and oxygen atoms in total. The molecule has 2 aromatic rings. The number of carbonyl (C=O) groups is 1. The molecule has 30 heavy (non-hydrogen) atoms. The third-order valence-electron chi connectivity index (χ3n) is 6.38. The summed E-state index contributed by atoms with van der Waals surface area (Å²) in [6.07, 6.45) is 3.75. The van der Waals surface area contributed by atoms with E-state index < -0.39 is 17.1 Å². The smallest absolute Gasteiger partial charge is 0.258 e. The molecule has 1 aliphatic carbocycles. The SMILES string of the molecule is CN(C)C(=O)c1c(N)ccc(-c2cnc3c(c2Cl)[C@@]2(CC[C@](C)(C#N)C2)CN3)c1F. The Morgan fingerprint density at radius 2 is 2.10 bits per heavy atom. The molecule has 2 atom stereocenters. The van der Waals surface area contributed by atoms with Gasteiger partial charge in [0.05, 0.1) is 22.1 Å². The molecular weight excluding hydrogens is 405 g/mol. The molecule has 2 heterocycles. The molecule has 0 saturated heterocycles. The van der Waals surface area contributed by atoms with Crippen molar-refractivity contribution in [1.82, 2.24) is 9.88 Å². The van der Waals surface area contributed by atoms with Gasteiger partial charge < -0.3 is 16.0 Å². The number of hydrogen-bond acceptors (Lipinski definition) is 5. The predicted molar refractivity (Wildman–Crippen MR) is 115 cm³/mol. The molecule has 1 aliphatic heterocycles. The highest BCUT2D eigenvalue weighted by atomic mass is 35.5. The first-order valence-electron chi connectivity index (χ1n) is 9.76. The highest BCUT2D eigenvalue weighted by Crippen LogP contribution is 2.57. The van der Waals surface area contributed by atoms with E-state index in [0.717, 1.165) is 18.4 Å². The Hall–Kier alpha value is -2.85.